The van der Waals surface area contributed by atoms with Crippen molar-refractivity contribution in [3.05, 3.63) is 67.0 Å². The molecule has 0 bridgehead atoms. The third kappa shape index (κ3) is 2.48. The Kier molecular flexibility index (Phi) is 3.16. The van der Waals surface area contributed by atoms with E-state index in [-0.39, 0.29) is 0 Å². The number of aromatic nitrogens is 4. The van der Waals surface area contributed by atoms with Crippen molar-refractivity contribution >= 4 is 16.9 Å². The molecule has 3 heterocycles. The van der Waals surface area contributed by atoms with Crippen LogP contribution in [0.1, 0.15) is 0 Å². The Morgan fingerprint density at radius 1 is 0.696 bits per heavy atom. The van der Waals surface area contributed by atoms with Gasteiger partial charge in [-0.3, -0.25) is 4.98 Å². The summed E-state index contributed by atoms with van der Waals surface area (Å²) >= 11 is 0. The van der Waals surface area contributed by atoms with Gasteiger partial charge in [0.1, 0.15) is 17.2 Å². The normalized spacial score (nSPS) is 10.8. The molecule has 0 saturated carbocycles. The van der Waals surface area contributed by atoms with Crippen LogP contribution in [0.25, 0.3) is 33.7 Å². The third-order valence-electron chi connectivity index (χ3n) is 3.54. The zero-order chi connectivity index (χ0) is 15.6. The molecule has 0 spiro atoms. The second kappa shape index (κ2) is 5.46. The number of nitrogens with zero attached hydrogens (tertiary/aromatic N) is 4. The average molecular weight is 299 g/mol. The highest BCUT2D eigenvalue weighted by Crippen LogP contribution is 2.28. The van der Waals surface area contributed by atoms with E-state index >= 15 is 0 Å². The Balaban J connectivity index is 1.94. The number of benzene rings is 1. The van der Waals surface area contributed by atoms with E-state index in [1.54, 1.807) is 12.4 Å². The summed E-state index contributed by atoms with van der Waals surface area (Å²) < 4.78 is 0. The third-order valence-corrected chi connectivity index (χ3v) is 3.54. The Labute approximate surface area is 132 Å². The molecule has 2 N–H and O–H groups in total. The van der Waals surface area contributed by atoms with Gasteiger partial charge in [-0.25, -0.2) is 15.0 Å². The SMILES string of the molecule is Nc1cnc(-c2ccc3ncccc3n2)c(-c2ccccc2)n1. The number of fused-ring (bicyclic) bond motifs is 1. The number of pyridine rings is 2. The maximum atomic E-state index is 5.83. The maximum Gasteiger partial charge on any atom is 0.142 e. The van der Waals surface area contributed by atoms with Crippen molar-refractivity contribution in [2.75, 3.05) is 5.73 Å². The van der Waals surface area contributed by atoms with E-state index in [1.807, 2.05) is 54.6 Å². The summed E-state index contributed by atoms with van der Waals surface area (Å²) in [6.45, 7) is 0. The van der Waals surface area contributed by atoms with Crippen molar-refractivity contribution in [3.8, 4) is 22.6 Å². The van der Waals surface area contributed by atoms with Gasteiger partial charge >= 0.3 is 0 Å². The predicted molar refractivity (Wildman–Crippen MR) is 90.4 cm³/mol. The lowest BCUT2D eigenvalue weighted by Crippen LogP contribution is -1.99. The second-order valence-electron chi connectivity index (χ2n) is 5.10. The first-order chi connectivity index (χ1) is 11.3. The van der Waals surface area contributed by atoms with Gasteiger partial charge < -0.3 is 5.73 Å². The molecule has 0 aliphatic rings. The van der Waals surface area contributed by atoms with Crippen LogP contribution in [0.2, 0.25) is 0 Å². The fourth-order valence-electron chi connectivity index (χ4n) is 2.48. The molecule has 23 heavy (non-hydrogen) atoms. The molecule has 0 saturated heterocycles. The average Bonchev–Trinajstić information content (AvgIpc) is 2.62. The van der Waals surface area contributed by atoms with Crippen LogP contribution >= 0.6 is 0 Å². The van der Waals surface area contributed by atoms with E-state index in [9.17, 15) is 0 Å². The van der Waals surface area contributed by atoms with Crippen molar-refractivity contribution in [2.24, 2.45) is 0 Å². The van der Waals surface area contributed by atoms with Gasteiger partial charge in [0.2, 0.25) is 0 Å². The quantitative estimate of drug-likeness (QED) is 0.614. The minimum absolute atomic E-state index is 0.384. The first kappa shape index (κ1) is 13.3. The highest BCUT2D eigenvalue weighted by molar-refractivity contribution is 5.82. The highest BCUT2D eigenvalue weighted by Gasteiger charge is 2.13. The van der Waals surface area contributed by atoms with Crippen LogP contribution in [0.15, 0.2) is 67.0 Å². The number of hydrogen-bond acceptors (Lipinski definition) is 5. The molecule has 3 aromatic heterocycles. The number of anilines is 1. The lowest BCUT2D eigenvalue weighted by Gasteiger charge is -2.09. The largest absolute Gasteiger partial charge is 0.382 e. The summed E-state index contributed by atoms with van der Waals surface area (Å²) in [7, 11) is 0. The number of nitrogen functional groups attached to an aromatic ring is 1. The topological polar surface area (TPSA) is 77.6 Å². The number of hydrogen-bond donors (Lipinski definition) is 1. The monoisotopic (exact) mass is 299 g/mol. The Morgan fingerprint density at radius 2 is 1.57 bits per heavy atom. The standard InChI is InChI=1S/C18H13N5/c19-16-11-21-18(17(23-16)12-5-2-1-3-6-12)15-9-8-13-14(22-15)7-4-10-20-13/h1-11H,(H2,19,23). The van der Waals surface area contributed by atoms with Gasteiger partial charge in [-0.1, -0.05) is 30.3 Å². The minimum atomic E-state index is 0.384. The molecule has 4 rings (SSSR count). The molecular weight excluding hydrogens is 286 g/mol. The molecule has 0 amide bonds. The van der Waals surface area contributed by atoms with E-state index in [0.717, 1.165) is 28.0 Å². The van der Waals surface area contributed by atoms with Gasteiger partial charge in [0.25, 0.3) is 0 Å². The summed E-state index contributed by atoms with van der Waals surface area (Å²) in [5.41, 5.74) is 10.6. The minimum Gasteiger partial charge on any atom is -0.382 e. The molecule has 1 aromatic carbocycles. The summed E-state index contributed by atoms with van der Waals surface area (Å²) in [4.78, 5) is 17.9. The summed E-state index contributed by atoms with van der Waals surface area (Å²) in [5, 5.41) is 0. The second-order valence-corrected chi connectivity index (χ2v) is 5.10. The lowest BCUT2D eigenvalue weighted by atomic mass is 10.1. The van der Waals surface area contributed by atoms with Gasteiger partial charge in [0, 0.05) is 11.8 Å². The first-order valence-electron chi connectivity index (χ1n) is 7.21. The molecular formula is C18H13N5. The molecule has 5 heteroatoms. The molecule has 0 radical (unpaired) electrons. The van der Waals surface area contributed by atoms with E-state index in [0.29, 0.717) is 11.5 Å². The smallest absolute Gasteiger partial charge is 0.142 e. The molecule has 0 aliphatic carbocycles. The number of nitrogens with two attached hydrogens (primary N) is 1. The summed E-state index contributed by atoms with van der Waals surface area (Å²) in [6, 6.07) is 17.5. The van der Waals surface area contributed by atoms with E-state index in [4.69, 9.17) is 5.73 Å². The maximum absolute atomic E-state index is 5.83. The Hall–Kier alpha value is -3.34. The van der Waals surface area contributed by atoms with Crippen molar-refractivity contribution in [1.29, 1.82) is 0 Å². The van der Waals surface area contributed by atoms with E-state index < -0.39 is 0 Å². The zero-order valence-corrected chi connectivity index (χ0v) is 12.2. The van der Waals surface area contributed by atoms with Crippen LogP contribution in [0.5, 0.6) is 0 Å². The van der Waals surface area contributed by atoms with Gasteiger partial charge in [-0.2, -0.15) is 0 Å². The van der Waals surface area contributed by atoms with Gasteiger partial charge in [-0.15, -0.1) is 0 Å². The Bertz CT molecular complexity index is 983. The van der Waals surface area contributed by atoms with Gasteiger partial charge in [0.05, 0.1) is 22.9 Å². The first-order valence-corrected chi connectivity index (χ1v) is 7.21. The van der Waals surface area contributed by atoms with E-state index in [1.165, 1.54) is 0 Å². The van der Waals surface area contributed by atoms with Crippen LogP contribution in [0.4, 0.5) is 5.82 Å². The summed E-state index contributed by atoms with van der Waals surface area (Å²) in [5.74, 6) is 0.384. The molecule has 0 atom stereocenters. The van der Waals surface area contributed by atoms with Crippen LogP contribution in [0, 0.1) is 0 Å². The van der Waals surface area contributed by atoms with Crippen molar-refractivity contribution in [1.82, 2.24) is 19.9 Å². The van der Waals surface area contributed by atoms with Crippen molar-refractivity contribution in [2.45, 2.75) is 0 Å². The zero-order valence-electron chi connectivity index (χ0n) is 12.2. The predicted octanol–water partition coefficient (Wildman–Crippen LogP) is 3.34. The van der Waals surface area contributed by atoms with E-state index in [2.05, 4.69) is 19.9 Å². The molecule has 0 aliphatic heterocycles. The van der Waals surface area contributed by atoms with Gasteiger partial charge in [0.15, 0.2) is 0 Å². The van der Waals surface area contributed by atoms with Gasteiger partial charge in [-0.05, 0) is 24.3 Å². The van der Waals surface area contributed by atoms with Crippen molar-refractivity contribution < 1.29 is 0 Å². The lowest BCUT2D eigenvalue weighted by molar-refractivity contribution is 1.19. The highest BCUT2D eigenvalue weighted by atomic mass is 14.9. The van der Waals surface area contributed by atoms with Crippen LogP contribution in [0.3, 0.4) is 0 Å². The fraction of sp³-hybridized carbons (Fsp3) is 0. The molecule has 110 valence electrons. The molecule has 4 aromatic rings. The fourth-order valence-corrected chi connectivity index (χ4v) is 2.48. The molecule has 0 fully saturated rings. The Morgan fingerprint density at radius 3 is 2.43 bits per heavy atom. The molecule has 5 nitrogen and oxygen atoms in total. The van der Waals surface area contributed by atoms with Crippen LogP contribution in [-0.4, -0.2) is 19.9 Å². The van der Waals surface area contributed by atoms with Crippen LogP contribution < -0.4 is 5.73 Å². The number of rotatable bonds is 2. The summed E-state index contributed by atoms with van der Waals surface area (Å²) in [6.07, 6.45) is 3.30. The molecule has 0 unspecified atom stereocenters. The van der Waals surface area contributed by atoms with Crippen molar-refractivity contribution in [3.63, 3.8) is 0 Å². The van der Waals surface area contributed by atoms with Crippen LogP contribution in [-0.2, 0) is 0 Å².